The average Bonchev–Trinajstić information content (AvgIpc) is 3.11. The van der Waals surface area contributed by atoms with Crippen molar-refractivity contribution in [1.29, 1.82) is 0 Å². The zero-order chi connectivity index (χ0) is 11.4. The van der Waals surface area contributed by atoms with Gasteiger partial charge in [0.2, 0.25) is 0 Å². The Bertz CT molecular complexity index is 273. The highest BCUT2D eigenvalue weighted by atomic mass is 15.1. The molecule has 1 aliphatic heterocycles. The Morgan fingerprint density at radius 2 is 1.94 bits per heavy atom. The van der Waals surface area contributed by atoms with Gasteiger partial charge in [-0.1, -0.05) is 0 Å². The molecule has 16 heavy (non-hydrogen) atoms. The Kier molecular flexibility index (Phi) is 3.83. The molecule has 0 spiro atoms. The van der Waals surface area contributed by atoms with E-state index in [9.17, 15) is 0 Å². The van der Waals surface area contributed by atoms with Crippen LogP contribution in [0.1, 0.15) is 25.7 Å². The second-order valence-corrected chi connectivity index (χ2v) is 4.92. The van der Waals surface area contributed by atoms with Crippen molar-refractivity contribution < 1.29 is 0 Å². The van der Waals surface area contributed by atoms with E-state index >= 15 is 0 Å². The molecule has 0 aromatic heterocycles. The van der Waals surface area contributed by atoms with Gasteiger partial charge in [-0.05, 0) is 31.6 Å². The van der Waals surface area contributed by atoms with Crippen LogP contribution in [0.3, 0.4) is 0 Å². The highest BCUT2D eigenvalue weighted by molar-refractivity contribution is 5.77. The lowest BCUT2D eigenvalue weighted by molar-refractivity contribution is 0.206. The van der Waals surface area contributed by atoms with Gasteiger partial charge in [-0.15, -0.1) is 0 Å². The molecule has 0 aromatic carbocycles. The summed E-state index contributed by atoms with van der Waals surface area (Å²) in [7, 11) is 0. The summed E-state index contributed by atoms with van der Waals surface area (Å²) in [5.74, 6) is 0.996. The molecule has 4 heteroatoms. The fraction of sp³-hybridized carbons (Fsp3) is 0.750. The SMILES string of the molecule is N/C=C(/N)C=NC1CCN(CC2CC2)CC1. The molecular weight excluding hydrogens is 200 g/mol. The molecule has 1 saturated carbocycles. The second-order valence-electron chi connectivity index (χ2n) is 4.92. The van der Waals surface area contributed by atoms with Crippen molar-refractivity contribution in [3.63, 3.8) is 0 Å². The van der Waals surface area contributed by atoms with Gasteiger partial charge in [-0.2, -0.15) is 0 Å². The Morgan fingerprint density at radius 3 is 2.50 bits per heavy atom. The number of nitrogens with two attached hydrogens (primary N) is 2. The first-order chi connectivity index (χ1) is 7.78. The average molecular weight is 222 g/mol. The van der Waals surface area contributed by atoms with Gasteiger partial charge in [0.1, 0.15) is 0 Å². The third-order valence-electron chi connectivity index (χ3n) is 3.40. The summed E-state index contributed by atoms with van der Waals surface area (Å²) in [6.45, 7) is 3.68. The number of likely N-dealkylation sites (tertiary alicyclic amines) is 1. The summed E-state index contributed by atoms with van der Waals surface area (Å²) in [6.07, 6.45) is 8.28. The summed E-state index contributed by atoms with van der Waals surface area (Å²) in [4.78, 5) is 7.03. The predicted octanol–water partition coefficient (Wildman–Crippen LogP) is 0.690. The van der Waals surface area contributed by atoms with Crippen molar-refractivity contribution in [2.75, 3.05) is 19.6 Å². The molecule has 90 valence electrons. The van der Waals surface area contributed by atoms with Crippen LogP contribution in [-0.4, -0.2) is 36.8 Å². The summed E-state index contributed by atoms with van der Waals surface area (Å²) in [6, 6.07) is 0.439. The van der Waals surface area contributed by atoms with Gasteiger partial charge in [-0.25, -0.2) is 0 Å². The van der Waals surface area contributed by atoms with Crippen LogP contribution in [0.5, 0.6) is 0 Å². The van der Waals surface area contributed by atoms with Gasteiger partial charge in [0.25, 0.3) is 0 Å². The zero-order valence-corrected chi connectivity index (χ0v) is 9.81. The van der Waals surface area contributed by atoms with Gasteiger partial charge >= 0.3 is 0 Å². The number of allylic oxidation sites excluding steroid dienone is 1. The van der Waals surface area contributed by atoms with Crippen LogP contribution in [0.25, 0.3) is 0 Å². The molecule has 0 aromatic rings. The van der Waals surface area contributed by atoms with Crippen molar-refractivity contribution in [2.45, 2.75) is 31.7 Å². The van der Waals surface area contributed by atoms with Crippen LogP contribution in [0.4, 0.5) is 0 Å². The molecule has 1 aliphatic carbocycles. The number of hydrogen-bond donors (Lipinski definition) is 2. The molecule has 1 saturated heterocycles. The Balaban J connectivity index is 1.69. The van der Waals surface area contributed by atoms with E-state index in [4.69, 9.17) is 11.5 Å². The van der Waals surface area contributed by atoms with E-state index < -0.39 is 0 Å². The molecule has 0 radical (unpaired) electrons. The molecule has 1 heterocycles. The third kappa shape index (κ3) is 3.52. The summed E-state index contributed by atoms with van der Waals surface area (Å²) < 4.78 is 0. The van der Waals surface area contributed by atoms with Crippen LogP contribution in [0.15, 0.2) is 16.9 Å². The van der Waals surface area contributed by atoms with E-state index in [0.29, 0.717) is 11.7 Å². The van der Waals surface area contributed by atoms with Crippen LogP contribution in [-0.2, 0) is 0 Å². The van der Waals surface area contributed by atoms with Crippen molar-refractivity contribution in [3.8, 4) is 0 Å². The lowest BCUT2D eigenvalue weighted by atomic mass is 10.1. The first kappa shape index (κ1) is 11.5. The summed E-state index contributed by atoms with van der Waals surface area (Å²) in [5, 5.41) is 0. The standard InChI is InChI=1S/C12H22N4/c13-7-11(14)8-15-12-3-5-16(6-4-12)9-10-1-2-10/h7-8,10,12H,1-6,9,13-14H2/b11-7+,15-8?. The fourth-order valence-corrected chi connectivity index (χ4v) is 2.15. The summed E-state index contributed by atoms with van der Waals surface area (Å²) in [5.41, 5.74) is 11.4. The number of hydrogen-bond acceptors (Lipinski definition) is 4. The van der Waals surface area contributed by atoms with E-state index in [0.717, 1.165) is 18.8 Å². The van der Waals surface area contributed by atoms with E-state index in [1.54, 1.807) is 6.21 Å². The molecule has 0 atom stereocenters. The molecule has 4 N–H and O–H groups in total. The molecule has 2 fully saturated rings. The number of piperidine rings is 1. The topological polar surface area (TPSA) is 67.6 Å². The maximum absolute atomic E-state index is 5.57. The minimum Gasteiger partial charge on any atom is -0.403 e. The normalized spacial score (nSPS) is 25.4. The van der Waals surface area contributed by atoms with Crippen LogP contribution in [0.2, 0.25) is 0 Å². The van der Waals surface area contributed by atoms with E-state index in [1.165, 1.54) is 38.7 Å². The largest absolute Gasteiger partial charge is 0.403 e. The Morgan fingerprint density at radius 1 is 1.25 bits per heavy atom. The van der Waals surface area contributed by atoms with E-state index in [1.807, 2.05) is 0 Å². The number of aliphatic imine (C=N–C) groups is 1. The lowest BCUT2D eigenvalue weighted by Crippen LogP contribution is -2.36. The van der Waals surface area contributed by atoms with Crippen molar-refractivity contribution in [3.05, 3.63) is 11.9 Å². The first-order valence-electron chi connectivity index (χ1n) is 6.21. The van der Waals surface area contributed by atoms with Gasteiger partial charge < -0.3 is 16.4 Å². The van der Waals surface area contributed by atoms with Crippen LogP contribution in [0, 0.1) is 5.92 Å². The minimum atomic E-state index is 0.439. The Labute approximate surface area is 97.4 Å². The van der Waals surface area contributed by atoms with Crippen molar-refractivity contribution >= 4 is 6.21 Å². The molecule has 2 aliphatic rings. The third-order valence-corrected chi connectivity index (χ3v) is 3.40. The highest BCUT2D eigenvalue weighted by Crippen LogP contribution is 2.30. The zero-order valence-electron chi connectivity index (χ0n) is 9.81. The number of rotatable bonds is 4. The second kappa shape index (κ2) is 5.34. The minimum absolute atomic E-state index is 0.439. The fourth-order valence-electron chi connectivity index (χ4n) is 2.15. The van der Waals surface area contributed by atoms with Gasteiger partial charge in [0.15, 0.2) is 0 Å². The quantitative estimate of drug-likeness (QED) is 0.688. The maximum atomic E-state index is 5.57. The molecule has 2 rings (SSSR count). The molecular formula is C12H22N4. The van der Waals surface area contributed by atoms with Gasteiger partial charge in [0.05, 0.1) is 11.7 Å². The Hall–Kier alpha value is -1.03. The monoisotopic (exact) mass is 222 g/mol. The van der Waals surface area contributed by atoms with Crippen molar-refractivity contribution in [2.24, 2.45) is 22.4 Å². The highest BCUT2D eigenvalue weighted by Gasteiger charge is 2.26. The molecule has 0 bridgehead atoms. The van der Waals surface area contributed by atoms with Crippen LogP contribution >= 0.6 is 0 Å². The van der Waals surface area contributed by atoms with Gasteiger partial charge in [0, 0.05) is 32.0 Å². The lowest BCUT2D eigenvalue weighted by Gasteiger charge is -2.30. The van der Waals surface area contributed by atoms with E-state index in [2.05, 4.69) is 9.89 Å². The molecule has 0 amide bonds. The molecule has 0 unspecified atom stereocenters. The van der Waals surface area contributed by atoms with E-state index in [-0.39, 0.29) is 0 Å². The number of nitrogens with zero attached hydrogens (tertiary/aromatic N) is 2. The van der Waals surface area contributed by atoms with Gasteiger partial charge in [-0.3, -0.25) is 4.99 Å². The van der Waals surface area contributed by atoms with Crippen LogP contribution < -0.4 is 11.5 Å². The van der Waals surface area contributed by atoms with Crippen molar-refractivity contribution in [1.82, 2.24) is 4.90 Å². The predicted molar refractivity (Wildman–Crippen MR) is 67.1 cm³/mol. The molecule has 4 nitrogen and oxygen atoms in total. The summed E-state index contributed by atoms with van der Waals surface area (Å²) >= 11 is 0. The first-order valence-corrected chi connectivity index (χ1v) is 6.21. The maximum Gasteiger partial charge on any atom is 0.0653 e. The smallest absolute Gasteiger partial charge is 0.0653 e.